The molecule has 1 fully saturated rings. The number of hydrogen-bond donors (Lipinski definition) is 3. The average molecular weight is 256 g/mol. The van der Waals surface area contributed by atoms with Crippen LogP contribution >= 0.6 is 0 Å². The van der Waals surface area contributed by atoms with Gasteiger partial charge in [0, 0.05) is 26.1 Å². The second-order valence-corrected chi connectivity index (χ2v) is 4.60. The van der Waals surface area contributed by atoms with Crippen molar-refractivity contribution >= 4 is 17.7 Å². The second kappa shape index (κ2) is 6.34. The quantitative estimate of drug-likeness (QED) is 0.556. The van der Waals surface area contributed by atoms with Crippen LogP contribution in [0, 0.1) is 0 Å². The number of rotatable bonds is 4. The number of primary amides is 1. The minimum absolute atomic E-state index is 0.0408. The van der Waals surface area contributed by atoms with Gasteiger partial charge in [-0.25, -0.2) is 0 Å². The number of nitrogens with two attached hydrogens (primary N) is 2. The van der Waals surface area contributed by atoms with Crippen LogP contribution in [0.1, 0.15) is 26.2 Å². The first-order valence-corrected chi connectivity index (χ1v) is 6.00. The Labute approximate surface area is 106 Å². The molecule has 2 unspecified atom stereocenters. The van der Waals surface area contributed by atoms with E-state index in [0.29, 0.717) is 13.1 Å². The standard InChI is InChI=1S/C11H20N4O3/c1-7(16)14-8-3-2-4-15(6-8)11(18)9(12)5-10(13)17/h8-9H,2-6,12H2,1H3,(H2,13,17)(H,14,16). The van der Waals surface area contributed by atoms with Crippen molar-refractivity contribution in [2.75, 3.05) is 13.1 Å². The van der Waals surface area contributed by atoms with Crippen LogP contribution in [0.2, 0.25) is 0 Å². The van der Waals surface area contributed by atoms with Gasteiger partial charge in [0.1, 0.15) is 0 Å². The third-order valence-electron chi connectivity index (χ3n) is 2.88. The fourth-order valence-electron chi connectivity index (χ4n) is 2.12. The number of carbonyl (C=O) groups excluding carboxylic acids is 3. The smallest absolute Gasteiger partial charge is 0.240 e. The largest absolute Gasteiger partial charge is 0.370 e. The zero-order valence-corrected chi connectivity index (χ0v) is 10.5. The Morgan fingerprint density at radius 1 is 1.44 bits per heavy atom. The summed E-state index contributed by atoms with van der Waals surface area (Å²) in [6.07, 6.45) is 1.49. The molecule has 2 atom stereocenters. The molecule has 1 rings (SSSR count). The van der Waals surface area contributed by atoms with Crippen molar-refractivity contribution in [1.82, 2.24) is 10.2 Å². The fraction of sp³-hybridized carbons (Fsp3) is 0.727. The number of hydrogen-bond acceptors (Lipinski definition) is 4. The van der Waals surface area contributed by atoms with Gasteiger partial charge in [0.2, 0.25) is 17.7 Å². The van der Waals surface area contributed by atoms with E-state index in [-0.39, 0.29) is 24.3 Å². The van der Waals surface area contributed by atoms with Gasteiger partial charge in [0.25, 0.3) is 0 Å². The molecule has 1 heterocycles. The lowest BCUT2D eigenvalue weighted by molar-refractivity contribution is -0.136. The maximum Gasteiger partial charge on any atom is 0.240 e. The summed E-state index contributed by atoms with van der Waals surface area (Å²) in [6, 6.07) is -0.931. The van der Waals surface area contributed by atoms with Crippen LogP contribution in [-0.2, 0) is 14.4 Å². The molecule has 0 aromatic heterocycles. The predicted molar refractivity (Wildman–Crippen MR) is 65.2 cm³/mol. The van der Waals surface area contributed by atoms with Crippen molar-refractivity contribution in [3.05, 3.63) is 0 Å². The SMILES string of the molecule is CC(=O)NC1CCCN(C(=O)C(N)CC(N)=O)C1. The predicted octanol–water partition coefficient (Wildman–Crippen LogP) is -1.68. The molecule has 0 saturated carbocycles. The van der Waals surface area contributed by atoms with Crippen molar-refractivity contribution < 1.29 is 14.4 Å². The third kappa shape index (κ3) is 4.33. The highest BCUT2D eigenvalue weighted by Gasteiger charge is 2.28. The van der Waals surface area contributed by atoms with Gasteiger partial charge in [-0.05, 0) is 12.8 Å². The Hall–Kier alpha value is -1.63. The molecular formula is C11H20N4O3. The summed E-state index contributed by atoms with van der Waals surface area (Å²) in [6.45, 7) is 2.48. The molecular weight excluding hydrogens is 236 g/mol. The summed E-state index contributed by atoms with van der Waals surface area (Å²) >= 11 is 0. The Morgan fingerprint density at radius 2 is 2.11 bits per heavy atom. The van der Waals surface area contributed by atoms with E-state index in [1.165, 1.54) is 6.92 Å². The Bertz CT molecular complexity index is 345. The van der Waals surface area contributed by atoms with Gasteiger partial charge in [-0.2, -0.15) is 0 Å². The highest BCUT2D eigenvalue weighted by molar-refractivity contribution is 5.87. The number of nitrogens with zero attached hydrogens (tertiary/aromatic N) is 1. The lowest BCUT2D eigenvalue weighted by Crippen LogP contribution is -2.53. The van der Waals surface area contributed by atoms with Gasteiger partial charge in [-0.15, -0.1) is 0 Å². The highest BCUT2D eigenvalue weighted by atomic mass is 16.2. The minimum Gasteiger partial charge on any atom is -0.370 e. The Kier molecular flexibility index (Phi) is 5.08. The topological polar surface area (TPSA) is 119 Å². The molecule has 0 spiro atoms. The van der Waals surface area contributed by atoms with Gasteiger partial charge < -0.3 is 21.7 Å². The van der Waals surface area contributed by atoms with E-state index >= 15 is 0 Å². The summed E-state index contributed by atoms with van der Waals surface area (Å²) < 4.78 is 0. The number of piperidine rings is 1. The van der Waals surface area contributed by atoms with Crippen LogP contribution < -0.4 is 16.8 Å². The number of nitrogens with one attached hydrogen (secondary N) is 1. The van der Waals surface area contributed by atoms with Crippen LogP contribution in [0.3, 0.4) is 0 Å². The first-order valence-electron chi connectivity index (χ1n) is 6.00. The molecule has 7 heteroatoms. The van der Waals surface area contributed by atoms with Crippen LogP contribution in [0.4, 0.5) is 0 Å². The van der Waals surface area contributed by atoms with Crippen molar-refractivity contribution in [2.24, 2.45) is 11.5 Å². The second-order valence-electron chi connectivity index (χ2n) is 4.60. The van der Waals surface area contributed by atoms with E-state index in [1.807, 2.05) is 0 Å². The summed E-state index contributed by atoms with van der Waals surface area (Å²) in [5.74, 6) is -0.995. The van der Waals surface area contributed by atoms with E-state index in [9.17, 15) is 14.4 Å². The number of likely N-dealkylation sites (tertiary alicyclic amines) is 1. The van der Waals surface area contributed by atoms with E-state index in [2.05, 4.69) is 5.32 Å². The van der Waals surface area contributed by atoms with Crippen molar-refractivity contribution in [3.8, 4) is 0 Å². The molecule has 0 aromatic rings. The molecule has 0 aromatic carbocycles. The van der Waals surface area contributed by atoms with E-state index < -0.39 is 11.9 Å². The summed E-state index contributed by atoms with van der Waals surface area (Å²) in [7, 11) is 0. The molecule has 5 N–H and O–H groups in total. The van der Waals surface area contributed by atoms with Gasteiger partial charge in [0.05, 0.1) is 12.5 Å². The van der Waals surface area contributed by atoms with E-state index in [0.717, 1.165) is 12.8 Å². The normalized spacial score (nSPS) is 21.2. The van der Waals surface area contributed by atoms with Crippen LogP contribution in [0.15, 0.2) is 0 Å². The number of amides is 3. The van der Waals surface area contributed by atoms with E-state index in [1.54, 1.807) is 4.90 Å². The van der Waals surface area contributed by atoms with Gasteiger partial charge >= 0.3 is 0 Å². The summed E-state index contributed by atoms with van der Waals surface area (Å²) in [5, 5.41) is 2.78. The maximum atomic E-state index is 11.9. The molecule has 1 aliphatic heterocycles. The summed E-state index contributed by atoms with van der Waals surface area (Å²) in [5.41, 5.74) is 10.6. The first kappa shape index (κ1) is 14.4. The zero-order valence-electron chi connectivity index (χ0n) is 10.5. The molecule has 7 nitrogen and oxygen atoms in total. The molecule has 0 bridgehead atoms. The van der Waals surface area contributed by atoms with Crippen molar-refractivity contribution in [2.45, 2.75) is 38.3 Å². The van der Waals surface area contributed by atoms with Gasteiger partial charge in [0.15, 0.2) is 0 Å². The lowest BCUT2D eigenvalue weighted by atomic mass is 10.0. The van der Waals surface area contributed by atoms with E-state index in [4.69, 9.17) is 11.5 Å². The lowest BCUT2D eigenvalue weighted by Gasteiger charge is -2.34. The van der Waals surface area contributed by atoms with Crippen molar-refractivity contribution in [1.29, 1.82) is 0 Å². The minimum atomic E-state index is -0.890. The molecule has 1 aliphatic rings. The summed E-state index contributed by atoms with van der Waals surface area (Å²) in [4.78, 5) is 35.2. The average Bonchev–Trinajstić information content (AvgIpc) is 2.26. The van der Waals surface area contributed by atoms with Gasteiger partial charge in [-0.3, -0.25) is 14.4 Å². The molecule has 0 radical (unpaired) electrons. The molecule has 0 aliphatic carbocycles. The molecule has 3 amide bonds. The fourth-order valence-corrected chi connectivity index (χ4v) is 2.12. The number of carbonyl (C=O) groups is 3. The maximum absolute atomic E-state index is 11.9. The molecule has 102 valence electrons. The molecule has 1 saturated heterocycles. The Balaban J connectivity index is 2.52. The Morgan fingerprint density at radius 3 is 2.67 bits per heavy atom. The van der Waals surface area contributed by atoms with Gasteiger partial charge in [-0.1, -0.05) is 0 Å². The van der Waals surface area contributed by atoms with Crippen LogP contribution in [0.5, 0.6) is 0 Å². The molecule has 18 heavy (non-hydrogen) atoms. The van der Waals surface area contributed by atoms with Crippen LogP contribution in [-0.4, -0.2) is 47.8 Å². The first-order chi connectivity index (χ1) is 8.40. The highest BCUT2D eigenvalue weighted by Crippen LogP contribution is 2.11. The third-order valence-corrected chi connectivity index (χ3v) is 2.88. The zero-order chi connectivity index (χ0) is 13.7. The van der Waals surface area contributed by atoms with Crippen LogP contribution in [0.25, 0.3) is 0 Å². The van der Waals surface area contributed by atoms with Crippen molar-refractivity contribution in [3.63, 3.8) is 0 Å². The monoisotopic (exact) mass is 256 g/mol.